The van der Waals surface area contributed by atoms with Gasteiger partial charge in [-0.1, -0.05) is 86.6 Å². The van der Waals surface area contributed by atoms with Crippen molar-refractivity contribution in [3.8, 4) is 69.2 Å². The van der Waals surface area contributed by atoms with Gasteiger partial charge in [-0.25, -0.2) is 15.0 Å². The normalized spacial score (nSPS) is 22.6. The van der Waals surface area contributed by atoms with Gasteiger partial charge in [0.15, 0.2) is 17.5 Å². The fourth-order valence-corrected chi connectivity index (χ4v) is 13.6. The van der Waals surface area contributed by atoms with E-state index in [0.29, 0.717) is 34.2 Å². The molecule has 4 bridgehead atoms. The van der Waals surface area contributed by atoms with Crippen molar-refractivity contribution < 1.29 is 0 Å². The van der Waals surface area contributed by atoms with Crippen molar-refractivity contribution in [2.24, 2.45) is 22.7 Å². The molecule has 0 N–H and O–H groups in total. The summed E-state index contributed by atoms with van der Waals surface area (Å²) in [6, 6.07) is 63.3. The zero-order chi connectivity index (χ0) is 45.5. The number of aromatic nitrogens is 4. The van der Waals surface area contributed by atoms with E-state index < -0.39 is 0 Å². The minimum atomic E-state index is -0.266. The fraction of sp³-hybridized carbons (Fsp3) is 0.200. The van der Waals surface area contributed by atoms with E-state index in [-0.39, 0.29) is 16.2 Å². The summed E-state index contributed by atoms with van der Waals surface area (Å²) in [6.45, 7) is 5.17. The van der Waals surface area contributed by atoms with E-state index in [2.05, 4.69) is 134 Å². The fourth-order valence-electron chi connectivity index (χ4n) is 13.6. The van der Waals surface area contributed by atoms with Crippen molar-refractivity contribution in [1.29, 1.82) is 15.8 Å². The predicted molar refractivity (Wildman–Crippen MR) is 264 cm³/mol. The summed E-state index contributed by atoms with van der Waals surface area (Å²) in [6.07, 6.45) is 6.14. The Bertz CT molecular complexity index is 3450. The molecule has 7 nitrogen and oxygen atoms in total. The molecule has 0 spiro atoms. The summed E-state index contributed by atoms with van der Waals surface area (Å²) in [5, 5.41) is 31.1. The average molecular weight is 864 g/mol. The maximum atomic E-state index is 9.96. The molecule has 320 valence electrons. The standard InChI is InChI=1S/C60H45N7/c1-58-31-41-27-42(32-58)34-59(2,33-41)60(58,48-23-20-45(21-24-48)57-65-55(43-16-11-38(35-61)12-17-43)64-56(66-57)44-18-13-39(36-62)14-19-44)49-8-6-7-46(29-49)47-22-26-54-52(30-47)51-28-40(37-63)15-25-53(51)67(54)50-9-4-3-5-10-50/h3-26,28-30,41-42H,27,31-34H2,1-2H3. The number of benzene rings is 7. The monoisotopic (exact) mass is 863 g/mol. The summed E-state index contributed by atoms with van der Waals surface area (Å²) in [5.41, 5.74) is 12.4. The van der Waals surface area contributed by atoms with E-state index in [1.807, 2.05) is 42.5 Å². The summed E-state index contributed by atoms with van der Waals surface area (Å²) in [4.78, 5) is 15.0. The number of nitriles is 3. The smallest absolute Gasteiger partial charge is 0.164 e. The number of hydrogen-bond acceptors (Lipinski definition) is 6. The Morgan fingerprint density at radius 1 is 0.448 bits per heavy atom. The molecule has 67 heavy (non-hydrogen) atoms. The lowest BCUT2D eigenvalue weighted by Crippen LogP contribution is -2.66. The summed E-state index contributed by atoms with van der Waals surface area (Å²) in [7, 11) is 0. The first-order valence-electron chi connectivity index (χ1n) is 23.2. The van der Waals surface area contributed by atoms with Crippen LogP contribution in [0.5, 0.6) is 0 Å². The predicted octanol–water partition coefficient (Wildman–Crippen LogP) is 13.8. The van der Waals surface area contributed by atoms with Crippen LogP contribution in [0, 0.1) is 56.7 Å². The Hall–Kier alpha value is -8.18. The van der Waals surface area contributed by atoms with E-state index in [9.17, 15) is 15.8 Å². The van der Waals surface area contributed by atoms with Crippen LogP contribution < -0.4 is 0 Å². The van der Waals surface area contributed by atoms with Gasteiger partial charge in [-0.15, -0.1) is 0 Å². The van der Waals surface area contributed by atoms with E-state index in [1.54, 1.807) is 24.3 Å². The molecule has 7 heteroatoms. The number of fused-ring (bicyclic) bond motifs is 3. The minimum absolute atomic E-state index is 0.0331. The van der Waals surface area contributed by atoms with Crippen LogP contribution in [0.15, 0.2) is 164 Å². The van der Waals surface area contributed by atoms with Gasteiger partial charge >= 0.3 is 0 Å². The Morgan fingerprint density at radius 3 is 1.45 bits per heavy atom. The van der Waals surface area contributed by atoms with Gasteiger partial charge in [0.1, 0.15) is 0 Å². The Kier molecular flexibility index (Phi) is 9.15. The third kappa shape index (κ3) is 6.25. The van der Waals surface area contributed by atoms with Gasteiger partial charge in [-0.05, 0) is 168 Å². The lowest BCUT2D eigenvalue weighted by molar-refractivity contribution is -0.156. The number of para-hydroxylation sites is 1. The van der Waals surface area contributed by atoms with Crippen molar-refractivity contribution in [3.63, 3.8) is 0 Å². The first-order chi connectivity index (χ1) is 32.7. The highest BCUT2D eigenvalue weighted by Gasteiger charge is 2.69. The average Bonchev–Trinajstić information content (AvgIpc) is 3.69. The van der Waals surface area contributed by atoms with E-state index >= 15 is 0 Å². The van der Waals surface area contributed by atoms with Gasteiger partial charge in [0.2, 0.25) is 0 Å². The van der Waals surface area contributed by atoms with Crippen LogP contribution in [0.4, 0.5) is 0 Å². The van der Waals surface area contributed by atoms with E-state index in [0.717, 1.165) is 61.6 Å². The lowest BCUT2D eigenvalue weighted by atomic mass is 9.31. The molecule has 0 saturated heterocycles. The molecule has 0 atom stereocenters. The summed E-state index contributed by atoms with van der Waals surface area (Å²) in [5.74, 6) is 3.05. The molecule has 2 heterocycles. The van der Waals surface area contributed by atoms with Crippen LogP contribution in [0.2, 0.25) is 0 Å². The molecule has 4 aliphatic carbocycles. The highest BCUT2D eigenvalue weighted by atomic mass is 15.0. The van der Waals surface area contributed by atoms with Crippen LogP contribution in [0.3, 0.4) is 0 Å². The van der Waals surface area contributed by atoms with Crippen molar-refractivity contribution in [2.45, 2.75) is 51.4 Å². The van der Waals surface area contributed by atoms with Crippen LogP contribution in [0.25, 0.3) is 72.8 Å². The van der Waals surface area contributed by atoms with E-state index in [1.165, 1.54) is 48.8 Å². The molecule has 0 amide bonds. The molecule has 9 aromatic rings. The molecule has 0 radical (unpaired) electrons. The maximum absolute atomic E-state index is 9.96. The van der Waals surface area contributed by atoms with Crippen LogP contribution in [-0.2, 0) is 5.41 Å². The largest absolute Gasteiger partial charge is 0.309 e. The van der Waals surface area contributed by atoms with Crippen LogP contribution in [-0.4, -0.2) is 19.5 Å². The van der Waals surface area contributed by atoms with Crippen LogP contribution in [0.1, 0.15) is 73.8 Å². The summed E-state index contributed by atoms with van der Waals surface area (Å²) >= 11 is 0. The maximum Gasteiger partial charge on any atom is 0.164 e. The number of rotatable bonds is 7. The first kappa shape index (κ1) is 40.3. The van der Waals surface area contributed by atoms with Crippen molar-refractivity contribution in [1.82, 2.24) is 19.5 Å². The summed E-state index contributed by atoms with van der Waals surface area (Å²) < 4.78 is 2.31. The zero-order valence-electron chi connectivity index (χ0n) is 37.4. The second kappa shape index (κ2) is 15.2. The van der Waals surface area contributed by atoms with E-state index in [4.69, 9.17) is 15.0 Å². The van der Waals surface area contributed by atoms with Gasteiger partial charge in [-0.3, -0.25) is 0 Å². The number of nitrogens with zero attached hydrogens (tertiary/aromatic N) is 7. The van der Waals surface area contributed by atoms with Gasteiger partial charge < -0.3 is 4.57 Å². The molecule has 0 unspecified atom stereocenters. The molecule has 4 saturated carbocycles. The molecule has 2 aromatic heterocycles. The minimum Gasteiger partial charge on any atom is -0.309 e. The van der Waals surface area contributed by atoms with Crippen LogP contribution >= 0.6 is 0 Å². The van der Waals surface area contributed by atoms with Gasteiger partial charge in [0, 0.05) is 38.6 Å². The molecule has 4 aliphatic rings. The SMILES string of the molecule is CC12CC3CC(C1)CC(C)(C3)C2(c1ccc(-c2nc(-c3ccc(C#N)cc3)nc(-c3ccc(C#N)cc3)n2)cc1)c1cccc(-c2ccc3c(c2)c2cc(C#N)ccc2n3-c2ccccc2)c1. The third-order valence-electron chi connectivity index (χ3n) is 15.7. The van der Waals surface area contributed by atoms with Gasteiger partial charge in [0.05, 0.1) is 45.9 Å². The van der Waals surface area contributed by atoms with Crippen molar-refractivity contribution >= 4 is 21.8 Å². The lowest BCUT2D eigenvalue weighted by Gasteiger charge is -2.72. The van der Waals surface area contributed by atoms with Crippen molar-refractivity contribution in [2.75, 3.05) is 0 Å². The van der Waals surface area contributed by atoms with Gasteiger partial charge in [0.25, 0.3) is 0 Å². The highest BCUT2D eigenvalue weighted by molar-refractivity contribution is 6.11. The number of hydrogen-bond donors (Lipinski definition) is 0. The molecular weight excluding hydrogens is 819 g/mol. The quantitative estimate of drug-likeness (QED) is 0.158. The molecule has 7 aromatic carbocycles. The third-order valence-corrected chi connectivity index (χ3v) is 15.7. The Labute approximate surface area is 390 Å². The second-order valence-electron chi connectivity index (χ2n) is 19.7. The Morgan fingerprint density at radius 2 is 0.910 bits per heavy atom. The molecule has 0 aliphatic heterocycles. The van der Waals surface area contributed by atoms with Gasteiger partial charge in [-0.2, -0.15) is 15.8 Å². The Balaban J connectivity index is 0.999. The molecule has 13 rings (SSSR count). The first-order valence-corrected chi connectivity index (χ1v) is 23.2. The molecule has 4 fully saturated rings. The van der Waals surface area contributed by atoms with Crippen molar-refractivity contribution in [3.05, 3.63) is 192 Å². The zero-order valence-corrected chi connectivity index (χ0v) is 37.4. The topological polar surface area (TPSA) is 115 Å². The highest BCUT2D eigenvalue weighted by Crippen LogP contribution is 2.75. The molecular formula is C60H45N7. The second-order valence-corrected chi connectivity index (χ2v) is 19.7.